The number of aromatic carboxylic acids is 2. The van der Waals surface area contributed by atoms with Crippen LogP contribution >= 0.6 is 0 Å². The molecule has 0 atom stereocenters. The van der Waals surface area contributed by atoms with Crippen molar-refractivity contribution in [2.45, 2.75) is 6.42 Å². The van der Waals surface area contributed by atoms with Gasteiger partial charge in [0.25, 0.3) is 0 Å². The maximum atomic E-state index is 12.0. The standard InChI is InChI=1S/C19H13NO5/c1-25-14-7-3-4-9-12(14)8-13-15(19(23)24)10-5-2-6-11(18(21)22)17(10)20-16(9)13/h2-7H,8H2,1H3,(H,21,22)(H,23,24). The smallest absolute Gasteiger partial charge is 0.337 e. The summed E-state index contributed by atoms with van der Waals surface area (Å²) in [6.45, 7) is 0. The van der Waals surface area contributed by atoms with E-state index in [0.717, 1.165) is 11.1 Å². The number of fused-ring (bicyclic) bond motifs is 4. The number of methoxy groups -OCH3 is 1. The van der Waals surface area contributed by atoms with Gasteiger partial charge in [-0.2, -0.15) is 0 Å². The van der Waals surface area contributed by atoms with Gasteiger partial charge in [-0.3, -0.25) is 0 Å². The first-order valence-corrected chi connectivity index (χ1v) is 7.61. The molecule has 3 aromatic rings. The Morgan fingerprint density at radius 3 is 2.48 bits per heavy atom. The lowest BCUT2D eigenvalue weighted by Gasteiger charge is -2.10. The summed E-state index contributed by atoms with van der Waals surface area (Å²) >= 11 is 0. The zero-order valence-corrected chi connectivity index (χ0v) is 13.2. The van der Waals surface area contributed by atoms with Gasteiger partial charge in [-0.25, -0.2) is 14.6 Å². The first kappa shape index (κ1) is 15.1. The summed E-state index contributed by atoms with van der Waals surface area (Å²) in [6.07, 6.45) is 0.385. The number of para-hydroxylation sites is 1. The monoisotopic (exact) mass is 335 g/mol. The van der Waals surface area contributed by atoms with Gasteiger partial charge in [0.1, 0.15) is 5.75 Å². The molecule has 2 N–H and O–H groups in total. The molecular weight excluding hydrogens is 322 g/mol. The highest BCUT2D eigenvalue weighted by Crippen LogP contribution is 2.43. The Kier molecular flexibility index (Phi) is 3.21. The Morgan fingerprint density at radius 2 is 1.80 bits per heavy atom. The van der Waals surface area contributed by atoms with E-state index in [4.69, 9.17) is 4.74 Å². The average Bonchev–Trinajstić information content (AvgIpc) is 2.96. The zero-order chi connectivity index (χ0) is 17.7. The van der Waals surface area contributed by atoms with Crippen molar-refractivity contribution >= 4 is 22.8 Å². The molecule has 0 saturated carbocycles. The molecule has 1 heterocycles. The van der Waals surface area contributed by atoms with Gasteiger partial charge < -0.3 is 14.9 Å². The lowest BCUT2D eigenvalue weighted by molar-refractivity contribution is 0.0685. The molecular formula is C19H13NO5. The van der Waals surface area contributed by atoms with E-state index >= 15 is 0 Å². The third kappa shape index (κ3) is 2.07. The number of pyridine rings is 1. The molecule has 0 bridgehead atoms. The Balaban J connectivity index is 2.14. The van der Waals surface area contributed by atoms with Gasteiger partial charge in [-0.15, -0.1) is 0 Å². The topological polar surface area (TPSA) is 96.7 Å². The molecule has 6 nitrogen and oxygen atoms in total. The summed E-state index contributed by atoms with van der Waals surface area (Å²) in [4.78, 5) is 28.0. The first-order chi connectivity index (χ1) is 12.0. The number of carboxylic acids is 2. The highest BCUT2D eigenvalue weighted by molar-refractivity contribution is 6.11. The number of benzene rings is 2. The van der Waals surface area contributed by atoms with Crippen LogP contribution < -0.4 is 4.74 Å². The molecule has 0 unspecified atom stereocenters. The number of carbonyl (C=O) groups is 2. The Labute approximate surface area is 142 Å². The number of hydrogen-bond acceptors (Lipinski definition) is 4. The number of hydrogen-bond donors (Lipinski definition) is 2. The van der Waals surface area contributed by atoms with Crippen molar-refractivity contribution in [2.24, 2.45) is 0 Å². The summed E-state index contributed by atoms with van der Waals surface area (Å²) in [6, 6.07) is 10.0. The van der Waals surface area contributed by atoms with E-state index in [1.165, 1.54) is 12.1 Å². The minimum Gasteiger partial charge on any atom is -0.496 e. The Bertz CT molecular complexity index is 1070. The number of rotatable bonds is 3. The second-order valence-corrected chi connectivity index (χ2v) is 5.79. The molecule has 4 rings (SSSR count). The van der Waals surface area contributed by atoms with Crippen molar-refractivity contribution in [1.29, 1.82) is 0 Å². The quantitative estimate of drug-likeness (QED) is 0.597. The fraction of sp³-hybridized carbons (Fsp3) is 0.105. The van der Waals surface area contributed by atoms with Crippen LogP contribution in [0.15, 0.2) is 36.4 Å². The number of nitrogens with zero attached hydrogens (tertiary/aromatic N) is 1. The average molecular weight is 335 g/mol. The maximum Gasteiger partial charge on any atom is 0.337 e. The first-order valence-electron chi connectivity index (χ1n) is 7.61. The zero-order valence-electron chi connectivity index (χ0n) is 13.2. The van der Waals surface area contributed by atoms with Gasteiger partial charge in [0.2, 0.25) is 0 Å². The van der Waals surface area contributed by atoms with Gasteiger partial charge in [-0.05, 0) is 17.7 Å². The molecule has 0 saturated heterocycles. The van der Waals surface area contributed by atoms with Crippen LogP contribution in [-0.4, -0.2) is 34.2 Å². The van der Waals surface area contributed by atoms with E-state index in [2.05, 4.69) is 4.98 Å². The van der Waals surface area contributed by atoms with E-state index in [9.17, 15) is 19.8 Å². The van der Waals surface area contributed by atoms with Gasteiger partial charge in [0.15, 0.2) is 0 Å². The molecule has 0 radical (unpaired) electrons. The molecule has 1 aromatic heterocycles. The van der Waals surface area contributed by atoms with E-state index in [-0.39, 0.29) is 16.6 Å². The van der Waals surface area contributed by atoms with Crippen molar-refractivity contribution < 1.29 is 24.5 Å². The van der Waals surface area contributed by atoms with Crippen LogP contribution in [0.2, 0.25) is 0 Å². The van der Waals surface area contributed by atoms with Gasteiger partial charge >= 0.3 is 11.9 Å². The lowest BCUT2D eigenvalue weighted by Crippen LogP contribution is -2.07. The molecule has 0 spiro atoms. The van der Waals surface area contributed by atoms with Crippen LogP contribution in [0.3, 0.4) is 0 Å². The summed E-state index contributed by atoms with van der Waals surface area (Å²) < 4.78 is 5.38. The summed E-state index contributed by atoms with van der Waals surface area (Å²) in [5, 5.41) is 19.5. The third-order valence-electron chi connectivity index (χ3n) is 4.52. The fourth-order valence-corrected chi connectivity index (χ4v) is 3.48. The predicted molar refractivity (Wildman–Crippen MR) is 90.5 cm³/mol. The number of carboxylic acid groups (broad SMARTS) is 2. The molecule has 25 heavy (non-hydrogen) atoms. The van der Waals surface area contributed by atoms with Crippen LogP contribution in [0.25, 0.3) is 22.2 Å². The minimum absolute atomic E-state index is 0.0147. The summed E-state index contributed by atoms with van der Waals surface area (Å²) in [7, 11) is 1.56. The van der Waals surface area contributed by atoms with Crippen molar-refractivity contribution in [3.05, 3.63) is 58.7 Å². The summed E-state index contributed by atoms with van der Waals surface area (Å²) in [5.41, 5.74) is 3.00. The van der Waals surface area contributed by atoms with Crippen LogP contribution in [-0.2, 0) is 6.42 Å². The lowest BCUT2D eigenvalue weighted by atomic mass is 9.98. The molecule has 0 aliphatic heterocycles. The molecule has 2 aromatic carbocycles. The Hall–Kier alpha value is -3.41. The second-order valence-electron chi connectivity index (χ2n) is 5.79. The molecule has 6 heteroatoms. The number of ether oxygens (including phenoxy) is 1. The van der Waals surface area contributed by atoms with Crippen molar-refractivity contribution in [1.82, 2.24) is 4.98 Å². The number of aromatic nitrogens is 1. The largest absolute Gasteiger partial charge is 0.496 e. The van der Waals surface area contributed by atoms with Gasteiger partial charge in [-0.1, -0.05) is 24.3 Å². The van der Waals surface area contributed by atoms with Crippen LogP contribution in [0.1, 0.15) is 31.8 Å². The molecule has 1 aliphatic rings. The van der Waals surface area contributed by atoms with Crippen molar-refractivity contribution in [3.63, 3.8) is 0 Å². The van der Waals surface area contributed by atoms with E-state index in [0.29, 0.717) is 28.8 Å². The third-order valence-corrected chi connectivity index (χ3v) is 4.52. The van der Waals surface area contributed by atoms with E-state index in [1.807, 2.05) is 18.2 Å². The minimum atomic E-state index is -1.14. The second kappa shape index (κ2) is 5.31. The molecule has 0 fully saturated rings. The highest BCUT2D eigenvalue weighted by atomic mass is 16.5. The maximum absolute atomic E-state index is 12.0. The molecule has 1 aliphatic carbocycles. The van der Waals surface area contributed by atoms with Crippen molar-refractivity contribution in [3.8, 4) is 17.0 Å². The van der Waals surface area contributed by atoms with E-state index < -0.39 is 11.9 Å². The van der Waals surface area contributed by atoms with Gasteiger partial charge in [0, 0.05) is 22.9 Å². The SMILES string of the molecule is COc1cccc2c1Cc1c-2nc2c(C(=O)O)cccc2c1C(=O)O. The Morgan fingerprint density at radius 1 is 1.04 bits per heavy atom. The van der Waals surface area contributed by atoms with Crippen LogP contribution in [0.4, 0.5) is 0 Å². The van der Waals surface area contributed by atoms with Gasteiger partial charge in [0.05, 0.1) is 29.4 Å². The van der Waals surface area contributed by atoms with Crippen LogP contribution in [0.5, 0.6) is 5.75 Å². The fourth-order valence-electron chi connectivity index (χ4n) is 3.48. The molecule has 0 amide bonds. The molecule has 124 valence electrons. The predicted octanol–water partition coefficient (Wildman–Crippen LogP) is 3.21. The highest BCUT2D eigenvalue weighted by Gasteiger charge is 2.30. The summed E-state index contributed by atoms with van der Waals surface area (Å²) in [5.74, 6) is -1.58. The normalized spacial score (nSPS) is 11.9. The van der Waals surface area contributed by atoms with Crippen LogP contribution in [0, 0.1) is 0 Å². The van der Waals surface area contributed by atoms with E-state index in [1.54, 1.807) is 13.2 Å². The van der Waals surface area contributed by atoms with Crippen molar-refractivity contribution in [2.75, 3.05) is 7.11 Å².